The van der Waals surface area contributed by atoms with Gasteiger partial charge in [-0.15, -0.1) is 11.3 Å². The van der Waals surface area contributed by atoms with Crippen LogP contribution in [0.5, 0.6) is 0 Å². The van der Waals surface area contributed by atoms with E-state index in [0.29, 0.717) is 0 Å². The second kappa shape index (κ2) is 5.85. The number of benzene rings is 1. The Labute approximate surface area is 129 Å². The molecule has 0 aliphatic rings. The molecule has 0 amide bonds. The predicted molar refractivity (Wildman–Crippen MR) is 88.2 cm³/mol. The molecule has 112 valence electrons. The van der Waals surface area contributed by atoms with E-state index in [1.54, 1.807) is 23.5 Å². The number of nitro groups is 1. The molecule has 21 heavy (non-hydrogen) atoms. The van der Waals surface area contributed by atoms with Crippen molar-refractivity contribution in [3.8, 4) is 0 Å². The normalized spacial score (nSPS) is 11.4. The summed E-state index contributed by atoms with van der Waals surface area (Å²) in [5, 5.41) is 14.1. The predicted octanol–water partition coefficient (Wildman–Crippen LogP) is 4.87. The molecule has 0 spiro atoms. The summed E-state index contributed by atoms with van der Waals surface area (Å²) < 4.78 is 0. The van der Waals surface area contributed by atoms with Gasteiger partial charge in [-0.1, -0.05) is 20.8 Å². The molecule has 0 fully saturated rings. The van der Waals surface area contributed by atoms with E-state index in [9.17, 15) is 10.1 Å². The maximum atomic E-state index is 10.7. The van der Waals surface area contributed by atoms with Crippen LogP contribution in [-0.2, 0) is 12.0 Å². The monoisotopic (exact) mass is 304 g/mol. The van der Waals surface area contributed by atoms with Crippen LogP contribution in [0.25, 0.3) is 0 Å². The van der Waals surface area contributed by atoms with Crippen LogP contribution in [0, 0.1) is 17.0 Å². The Hall–Kier alpha value is -1.88. The molecule has 4 nitrogen and oxygen atoms in total. The van der Waals surface area contributed by atoms with E-state index in [1.165, 1.54) is 15.8 Å². The first-order valence-corrected chi connectivity index (χ1v) is 7.67. The van der Waals surface area contributed by atoms with E-state index in [1.807, 2.05) is 6.92 Å². The standard InChI is InChI=1S/C16H20N2O2S/c1-11-9-12(18(19)20)5-7-14(11)17-10-13-6-8-15(21-13)16(2,3)4/h5-9,17H,10H2,1-4H3. The van der Waals surface area contributed by atoms with Gasteiger partial charge in [-0.2, -0.15) is 0 Å². The van der Waals surface area contributed by atoms with Crippen LogP contribution in [0.15, 0.2) is 30.3 Å². The van der Waals surface area contributed by atoms with Crippen LogP contribution in [-0.4, -0.2) is 4.92 Å². The highest BCUT2D eigenvalue weighted by Gasteiger charge is 2.16. The summed E-state index contributed by atoms with van der Waals surface area (Å²) in [5.74, 6) is 0. The van der Waals surface area contributed by atoms with Gasteiger partial charge in [-0.05, 0) is 36.1 Å². The van der Waals surface area contributed by atoms with Crippen molar-refractivity contribution >= 4 is 22.7 Å². The van der Waals surface area contributed by atoms with Crippen molar-refractivity contribution in [2.45, 2.75) is 39.7 Å². The molecule has 0 aliphatic heterocycles. The van der Waals surface area contributed by atoms with E-state index in [-0.39, 0.29) is 16.0 Å². The Morgan fingerprint density at radius 2 is 1.95 bits per heavy atom. The first-order chi connectivity index (χ1) is 9.77. The second-order valence-electron chi connectivity index (χ2n) is 6.13. The lowest BCUT2D eigenvalue weighted by atomic mass is 9.95. The molecule has 0 atom stereocenters. The van der Waals surface area contributed by atoms with Crippen molar-refractivity contribution in [3.63, 3.8) is 0 Å². The van der Waals surface area contributed by atoms with Crippen LogP contribution in [0.1, 0.15) is 36.1 Å². The third-order valence-electron chi connectivity index (χ3n) is 3.27. The molecular weight excluding hydrogens is 284 g/mol. The molecule has 2 aromatic rings. The second-order valence-corrected chi connectivity index (χ2v) is 7.29. The van der Waals surface area contributed by atoms with Crippen molar-refractivity contribution in [2.24, 2.45) is 0 Å². The molecular formula is C16H20N2O2S. The highest BCUT2D eigenvalue weighted by atomic mass is 32.1. The van der Waals surface area contributed by atoms with Gasteiger partial charge in [0.2, 0.25) is 0 Å². The Morgan fingerprint density at radius 3 is 2.48 bits per heavy atom. The minimum Gasteiger partial charge on any atom is -0.380 e. The average Bonchev–Trinajstić information content (AvgIpc) is 2.85. The minimum absolute atomic E-state index is 0.129. The summed E-state index contributed by atoms with van der Waals surface area (Å²) >= 11 is 1.80. The summed E-state index contributed by atoms with van der Waals surface area (Å²) in [4.78, 5) is 13.0. The van der Waals surface area contributed by atoms with E-state index in [2.05, 4.69) is 38.2 Å². The minimum atomic E-state index is -0.369. The Morgan fingerprint density at radius 1 is 1.24 bits per heavy atom. The average molecular weight is 304 g/mol. The Balaban J connectivity index is 2.06. The molecule has 0 unspecified atom stereocenters. The molecule has 0 radical (unpaired) electrons. The zero-order chi connectivity index (χ0) is 15.6. The summed E-state index contributed by atoms with van der Waals surface area (Å²) in [6, 6.07) is 9.21. The molecule has 0 aliphatic carbocycles. The topological polar surface area (TPSA) is 55.2 Å². The van der Waals surface area contributed by atoms with Crippen molar-refractivity contribution in [3.05, 3.63) is 55.8 Å². The van der Waals surface area contributed by atoms with Gasteiger partial charge in [-0.3, -0.25) is 10.1 Å². The van der Waals surface area contributed by atoms with Gasteiger partial charge < -0.3 is 5.32 Å². The van der Waals surface area contributed by atoms with Crippen molar-refractivity contribution < 1.29 is 4.92 Å². The molecule has 5 heteroatoms. The smallest absolute Gasteiger partial charge is 0.269 e. The Bertz CT molecular complexity index is 657. The van der Waals surface area contributed by atoms with Crippen LogP contribution in [0.4, 0.5) is 11.4 Å². The number of thiophene rings is 1. The van der Waals surface area contributed by atoms with Crippen LogP contribution in [0.3, 0.4) is 0 Å². The number of rotatable bonds is 4. The van der Waals surface area contributed by atoms with Crippen molar-refractivity contribution in [2.75, 3.05) is 5.32 Å². The Kier molecular flexibility index (Phi) is 4.32. The summed E-state index contributed by atoms with van der Waals surface area (Å²) in [5.41, 5.74) is 2.12. The quantitative estimate of drug-likeness (QED) is 0.647. The van der Waals surface area contributed by atoms with E-state index in [4.69, 9.17) is 0 Å². The molecule has 1 aromatic heterocycles. The van der Waals surface area contributed by atoms with Gasteiger partial charge in [0.05, 0.1) is 4.92 Å². The molecule has 0 saturated heterocycles. The molecule has 0 bridgehead atoms. The molecule has 0 saturated carbocycles. The van der Waals surface area contributed by atoms with Gasteiger partial charge in [0.1, 0.15) is 0 Å². The SMILES string of the molecule is Cc1cc([N+](=O)[O-])ccc1NCc1ccc(C(C)(C)C)s1. The largest absolute Gasteiger partial charge is 0.380 e. The van der Waals surface area contributed by atoms with E-state index in [0.717, 1.165) is 17.8 Å². The van der Waals surface area contributed by atoms with Crippen molar-refractivity contribution in [1.82, 2.24) is 0 Å². The fourth-order valence-corrected chi connectivity index (χ4v) is 3.02. The molecule has 1 heterocycles. The summed E-state index contributed by atoms with van der Waals surface area (Å²) in [6.45, 7) is 9.23. The number of hydrogen-bond donors (Lipinski definition) is 1. The third kappa shape index (κ3) is 3.82. The van der Waals surface area contributed by atoms with Gasteiger partial charge in [-0.25, -0.2) is 0 Å². The van der Waals surface area contributed by atoms with Crippen LogP contribution < -0.4 is 5.32 Å². The third-order valence-corrected chi connectivity index (χ3v) is 4.79. The van der Waals surface area contributed by atoms with Crippen LogP contribution in [0.2, 0.25) is 0 Å². The lowest BCUT2D eigenvalue weighted by Gasteiger charge is -2.15. The maximum absolute atomic E-state index is 10.7. The number of non-ortho nitro benzene ring substituents is 1. The molecule has 2 rings (SSSR count). The fraction of sp³-hybridized carbons (Fsp3) is 0.375. The lowest BCUT2D eigenvalue weighted by Crippen LogP contribution is -2.07. The first kappa shape index (κ1) is 15.5. The first-order valence-electron chi connectivity index (χ1n) is 6.85. The zero-order valence-corrected chi connectivity index (χ0v) is 13.6. The van der Waals surface area contributed by atoms with E-state index < -0.39 is 0 Å². The number of anilines is 1. The highest BCUT2D eigenvalue weighted by molar-refractivity contribution is 7.12. The number of aryl methyl sites for hydroxylation is 1. The number of nitro benzene ring substituents is 1. The summed E-state index contributed by atoms with van der Waals surface area (Å²) in [7, 11) is 0. The van der Waals surface area contributed by atoms with E-state index >= 15 is 0 Å². The molecule has 1 aromatic carbocycles. The number of nitrogens with zero attached hydrogens (tertiary/aromatic N) is 1. The maximum Gasteiger partial charge on any atom is 0.269 e. The highest BCUT2D eigenvalue weighted by Crippen LogP contribution is 2.30. The van der Waals surface area contributed by atoms with Gasteiger partial charge in [0, 0.05) is 34.1 Å². The van der Waals surface area contributed by atoms with Crippen molar-refractivity contribution in [1.29, 1.82) is 0 Å². The van der Waals surface area contributed by atoms with Gasteiger partial charge in [0.25, 0.3) is 5.69 Å². The lowest BCUT2D eigenvalue weighted by molar-refractivity contribution is -0.384. The summed E-state index contributed by atoms with van der Waals surface area (Å²) in [6.07, 6.45) is 0. The number of nitrogens with one attached hydrogen (secondary N) is 1. The van der Waals surface area contributed by atoms with Gasteiger partial charge >= 0.3 is 0 Å². The van der Waals surface area contributed by atoms with Gasteiger partial charge in [0.15, 0.2) is 0 Å². The molecule has 1 N–H and O–H groups in total. The zero-order valence-electron chi connectivity index (χ0n) is 12.8. The van der Waals surface area contributed by atoms with Crippen LogP contribution >= 0.6 is 11.3 Å². The fourth-order valence-electron chi connectivity index (χ4n) is 2.02. The number of hydrogen-bond acceptors (Lipinski definition) is 4.